The van der Waals surface area contributed by atoms with E-state index in [1.54, 1.807) is 7.11 Å². The fraction of sp³-hybridized carbons (Fsp3) is 0.333. The molecule has 96 valence electrons. The molecule has 0 aromatic carbocycles. The number of nitrogens with zero attached hydrogens (tertiary/aromatic N) is 3. The molecule has 0 aliphatic carbocycles. The lowest BCUT2D eigenvalue weighted by atomic mass is 10.5. The van der Waals surface area contributed by atoms with Crippen molar-refractivity contribution in [2.75, 3.05) is 25.6 Å². The molecule has 0 amide bonds. The molecule has 0 saturated carbocycles. The molecular weight excluding hydrogens is 260 g/mol. The van der Waals surface area contributed by atoms with Crippen molar-refractivity contribution in [3.8, 4) is 10.8 Å². The monoisotopic (exact) mass is 270 g/mol. The summed E-state index contributed by atoms with van der Waals surface area (Å²) in [7, 11) is 1.61. The van der Waals surface area contributed by atoms with E-state index < -0.39 is 4.92 Å². The van der Waals surface area contributed by atoms with Crippen LogP contribution in [0.15, 0.2) is 16.5 Å². The summed E-state index contributed by atoms with van der Waals surface area (Å²) in [5.41, 5.74) is 0. The van der Waals surface area contributed by atoms with Crippen LogP contribution in [-0.2, 0) is 4.74 Å². The minimum Gasteiger partial charge on any atom is -0.398 e. The van der Waals surface area contributed by atoms with E-state index in [0.717, 1.165) is 0 Å². The maximum absolute atomic E-state index is 10.5. The molecule has 0 radical (unpaired) electrons. The standard InChI is InChI=1S/C9H10N4O4S/c1-16-5-4-10-9-12-11-8(18-9)6-2-3-7(17-6)13(14)15/h2-3H,4-5H2,1H3,(H,10,12). The van der Waals surface area contributed by atoms with Crippen molar-refractivity contribution in [1.82, 2.24) is 10.2 Å². The lowest BCUT2D eigenvalue weighted by molar-refractivity contribution is -0.401. The number of hydrogen-bond donors (Lipinski definition) is 1. The Labute approximate surface area is 106 Å². The third-order valence-electron chi connectivity index (χ3n) is 1.99. The SMILES string of the molecule is COCCNc1nnc(-c2ccc([N+](=O)[O-])o2)s1. The molecule has 0 bridgehead atoms. The van der Waals surface area contributed by atoms with Gasteiger partial charge in [0, 0.05) is 13.7 Å². The minimum absolute atomic E-state index is 0.311. The van der Waals surface area contributed by atoms with E-state index >= 15 is 0 Å². The van der Waals surface area contributed by atoms with Crippen LogP contribution in [0.5, 0.6) is 0 Å². The van der Waals surface area contributed by atoms with Gasteiger partial charge in [0.2, 0.25) is 5.13 Å². The van der Waals surface area contributed by atoms with Gasteiger partial charge in [0.15, 0.2) is 10.8 Å². The Kier molecular flexibility index (Phi) is 3.85. The van der Waals surface area contributed by atoms with Gasteiger partial charge in [-0.1, -0.05) is 11.3 Å². The molecule has 0 aliphatic rings. The molecule has 9 heteroatoms. The maximum Gasteiger partial charge on any atom is 0.433 e. The second kappa shape index (κ2) is 5.56. The topological polar surface area (TPSA) is 103 Å². The fourth-order valence-electron chi connectivity index (χ4n) is 1.20. The van der Waals surface area contributed by atoms with Crippen LogP contribution < -0.4 is 5.32 Å². The first-order chi connectivity index (χ1) is 8.70. The van der Waals surface area contributed by atoms with E-state index in [4.69, 9.17) is 9.15 Å². The van der Waals surface area contributed by atoms with Gasteiger partial charge in [0.25, 0.3) is 0 Å². The quantitative estimate of drug-likeness (QED) is 0.484. The predicted molar refractivity (Wildman–Crippen MR) is 64.6 cm³/mol. The van der Waals surface area contributed by atoms with Crippen molar-refractivity contribution in [3.05, 3.63) is 22.2 Å². The first-order valence-corrected chi connectivity index (χ1v) is 5.83. The van der Waals surface area contributed by atoms with Crippen LogP contribution >= 0.6 is 11.3 Å². The average molecular weight is 270 g/mol. The van der Waals surface area contributed by atoms with Crippen LogP contribution in [0.3, 0.4) is 0 Å². The first kappa shape index (κ1) is 12.5. The second-order valence-electron chi connectivity index (χ2n) is 3.23. The van der Waals surface area contributed by atoms with Gasteiger partial charge in [0.05, 0.1) is 12.7 Å². The molecule has 1 N–H and O–H groups in total. The zero-order valence-corrected chi connectivity index (χ0v) is 10.3. The number of nitrogens with one attached hydrogen (secondary N) is 1. The average Bonchev–Trinajstić information content (AvgIpc) is 2.97. The van der Waals surface area contributed by atoms with Gasteiger partial charge in [-0.05, 0) is 6.07 Å². The van der Waals surface area contributed by atoms with Crippen LogP contribution in [0.4, 0.5) is 11.0 Å². The van der Waals surface area contributed by atoms with Crippen LogP contribution in [0.2, 0.25) is 0 Å². The van der Waals surface area contributed by atoms with E-state index in [9.17, 15) is 10.1 Å². The highest BCUT2D eigenvalue weighted by atomic mass is 32.1. The van der Waals surface area contributed by atoms with Gasteiger partial charge in [-0.15, -0.1) is 10.2 Å². The molecule has 2 aromatic rings. The molecule has 0 spiro atoms. The number of hydrogen-bond acceptors (Lipinski definition) is 8. The number of anilines is 1. The molecule has 2 aromatic heterocycles. The van der Waals surface area contributed by atoms with Crippen LogP contribution in [-0.4, -0.2) is 35.4 Å². The van der Waals surface area contributed by atoms with Gasteiger partial charge in [-0.3, -0.25) is 10.1 Å². The van der Waals surface area contributed by atoms with E-state index in [2.05, 4.69) is 15.5 Å². The highest BCUT2D eigenvalue weighted by Gasteiger charge is 2.16. The number of rotatable bonds is 6. The van der Waals surface area contributed by atoms with Crippen molar-refractivity contribution in [2.45, 2.75) is 0 Å². The van der Waals surface area contributed by atoms with Gasteiger partial charge in [0.1, 0.15) is 4.92 Å². The van der Waals surface area contributed by atoms with E-state index in [1.165, 1.54) is 23.5 Å². The Bertz CT molecular complexity index is 538. The summed E-state index contributed by atoms with van der Waals surface area (Å²) in [4.78, 5) is 9.88. The molecule has 8 nitrogen and oxygen atoms in total. The summed E-state index contributed by atoms with van der Waals surface area (Å²) >= 11 is 1.26. The van der Waals surface area contributed by atoms with Crippen molar-refractivity contribution in [2.24, 2.45) is 0 Å². The summed E-state index contributed by atoms with van der Waals surface area (Å²) in [6.45, 7) is 1.17. The summed E-state index contributed by atoms with van der Waals surface area (Å²) in [5.74, 6) is 0.0214. The first-order valence-electron chi connectivity index (χ1n) is 5.01. The Morgan fingerprint density at radius 1 is 1.56 bits per heavy atom. The van der Waals surface area contributed by atoms with Crippen molar-refractivity contribution < 1.29 is 14.1 Å². The van der Waals surface area contributed by atoms with Crippen molar-refractivity contribution in [3.63, 3.8) is 0 Å². The summed E-state index contributed by atoms with van der Waals surface area (Å²) in [6, 6.07) is 2.78. The minimum atomic E-state index is -0.595. The molecule has 2 heterocycles. The lowest BCUT2D eigenvalue weighted by Crippen LogP contribution is -2.06. The van der Waals surface area contributed by atoms with Gasteiger partial charge < -0.3 is 14.5 Å². The lowest BCUT2D eigenvalue weighted by Gasteiger charge is -1.98. The zero-order chi connectivity index (χ0) is 13.0. The van der Waals surface area contributed by atoms with Gasteiger partial charge in [-0.2, -0.15) is 0 Å². The van der Waals surface area contributed by atoms with E-state index in [-0.39, 0.29) is 5.88 Å². The number of aromatic nitrogens is 2. The molecule has 0 unspecified atom stereocenters. The van der Waals surface area contributed by atoms with Crippen LogP contribution in [0.25, 0.3) is 10.8 Å². The predicted octanol–water partition coefficient (Wildman–Crippen LogP) is 1.76. The third kappa shape index (κ3) is 2.81. The van der Waals surface area contributed by atoms with Crippen molar-refractivity contribution >= 4 is 22.4 Å². The Morgan fingerprint density at radius 2 is 2.39 bits per heavy atom. The zero-order valence-electron chi connectivity index (χ0n) is 9.45. The molecule has 0 aliphatic heterocycles. The summed E-state index contributed by atoms with van der Waals surface area (Å²) in [6.07, 6.45) is 0. The smallest absolute Gasteiger partial charge is 0.398 e. The number of nitro groups is 1. The fourth-order valence-corrected chi connectivity index (χ4v) is 1.93. The van der Waals surface area contributed by atoms with E-state index in [0.29, 0.717) is 29.1 Å². The molecule has 0 fully saturated rings. The highest BCUT2D eigenvalue weighted by Crippen LogP contribution is 2.29. The van der Waals surface area contributed by atoms with Crippen LogP contribution in [0.1, 0.15) is 0 Å². The molecule has 0 atom stereocenters. The Hall–Kier alpha value is -2.00. The third-order valence-corrected chi connectivity index (χ3v) is 2.89. The van der Waals surface area contributed by atoms with E-state index in [1.807, 2.05) is 0 Å². The number of furan rings is 1. The Balaban J connectivity index is 2.06. The Morgan fingerprint density at radius 3 is 3.06 bits per heavy atom. The highest BCUT2D eigenvalue weighted by molar-refractivity contribution is 7.18. The summed E-state index contributed by atoms with van der Waals surface area (Å²) < 4.78 is 9.91. The molecular formula is C9H10N4O4S. The van der Waals surface area contributed by atoms with Gasteiger partial charge in [-0.25, -0.2) is 0 Å². The molecule has 18 heavy (non-hydrogen) atoms. The van der Waals surface area contributed by atoms with Gasteiger partial charge >= 0.3 is 5.88 Å². The number of ether oxygens (including phenoxy) is 1. The number of methoxy groups -OCH3 is 1. The second-order valence-corrected chi connectivity index (χ2v) is 4.20. The normalized spacial score (nSPS) is 10.5. The maximum atomic E-state index is 10.5. The van der Waals surface area contributed by atoms with Crippen molar-refractivity contribution in [1.29, 1.82) is 0 Å². The summed E-state index contributed by atoms with van der Waals surface area (Å²) in [5, 5.41) is 22.4. The largest absolute Gasteiger partial charge is 0.433 e. The van der Waals surface area contributed by atoms with Crippen LogP contribution in [0, 0.1) is 10.1 Å². The molecule has 0 saturated heterocycles. The molecule has 2 rings (SSSR count).